The van der Waals surface area contributed by atoms with Crippen molar-refractivity contribution in [2.75, 3.05) is 17.7 Å². The Morgan fingerprint density at radius 2 is 1.95 bits per heavy atom. The molecule has 2 aromatic carbocycles. The van der Waals surface area contributed by atoms with Crippen LogP contribution in [0.25, 0.3) is 0 Å². The lowest BCUT2D eigenvalue weighted by atomic mass is 10.2. The highest BCUT2D eigenvalue weighted by molar-refractivity contribution is 9.10. The molecule has 20 heavy (non-hydrogen) atoms. The summed E-state index contributed by atoms with van der Waals surface area (Å²) >= 11 is 3.34. The van der Waals surface area contributed by atoms with Gasteiger partial charge in [-0.05, 0) is 55.0 Å². The summed E-state index contributed by atoms with van der Waals surface area (Å²) in [5.74, 6) is 0.421. The highest BCUT2D eigenvalue weighted by atomic mass is 79.9. The van der Waals surface area contributed by atoms with Crippen LogP contribution in [-0.4, -0.2) is 12.5 Å². The molecule has 0 atom stereocenters. The molecule has 0 aliphatic heterocycles. The van der Waals surface area contributed by atoms with E-state index >= 15 is 0 Å². The van der Waals surface area contributed by atoms with Gasteiger partial charge in [0.05, 0.1) is 0 Å². The SMILES string of the molecule is Cc1cc(OCC(=O)Nc2ccc(Br)cc2)ccc1N. The minimum atomic E-state index is -0.207. The van der Waals surface area contributed by atoms with E-state index in [1.165, 1.54) is 0 Å². The minimum Gasteiger partial charge on any atom is -0.484 e. The summed E-state index contributed by atoms with van der Waals surface area (Å²) in [7, 11) is 0. The Kier molecular flexibility index (Phi) is 4.63. The molecule has 1 amide bonds. The molecule has 2 aromatic rings. The first-order valence-corrected chi connectivity index (χ1v) is 6.88. The van der Waals surface area contributed by atoms with Crippen LogP contribution in [-0.2, 0) is 4.79 Å². The molecule has 0 unspecified atom stereocenters. The fraction of sp³-hybridized carbons (Fsp3) is 0.133. The summed E-state index contributed by atoms with van der Waals surface area (Å²) in [6.45, 7) is 1.85. The summed E-state index contributed by atoms with van der Waals surface area (Å²) in [5, 5.41) is 2.76. The number of carbonyl (C=O) groups excluding carboxylic acids is 1. The lowest BCUT2D eigenvalue weighted by Gasteiger charge is -2.09. The Balaban J connectivity index is 1.88. The van der Waals surface area contributed by atoms with Crippen LogP contribution in [0.15, 0.2) is 46.9 Å². The molecule has 0 bridgehead atoms. The molecule has 4 nitrogen and oxygen atoms in total. The third-order valence-corrected chi connectivity index (χ3v) is 3.27. The number of nitrogens with one attached hydrogen (secondary N) is 1. The van der Waals surface area contributed by atoms with Crippen molar-refractivity contribution in [2.45, 2.75) is 6.92 Å². The van der Waals surface area contributed by atoms with E-state index in [-0.39, 0.29) is 12.5 Å². The Hall–Kier alpha value is -2.01. The molecule has 2 rings (SSSR count). The van der Waals surface area contributed by atoms with Crippen LogP contribution >= 0.6 is 15.9 Å². The van der Waals surface area contributed by atoms with Gasteiger partial charge in [0.15, 0.2) is 6.61 Å². The molecule has 0 aromatic heterocycles. The van der Waals surface area contributed by atoms with E-state index < -0.39 is 0 Å². The molecule has 5 heteroatoms. The zero-order chi connectivity index (χ0) is 14.5. The van der Waals surface area contributed by atoms with Crippen molar-refractivity contribution in [1.82, 2.24) is 0 Å². The first-order chi connectivity index (χ1) is 9.54. The van der Waals surface area contributed by atoms with Crippen LogP contribution in [0.3, 0.4) is 0 Å². The van der Waals surface area contributed by atoms with Gasteiger partial charge in [-0.15, -0.1) is 0 Å². The van der Waals surface area contributed by atoms with Crippen LogP contribution in [0.1, 0.15) is 5.56 Å². The Morgan fingerprint density at radius 3 is 2.60 bits per heavy atom. The van der Waals surface area contributed by atoms with Crippen molar-refractivity contribution in [3.8, 4) is 5.75 Å². The van der Waals surface area contributed by atoms with Gasteiger partial charge in [0.2, 0.25) is 0 Å². The third-order valence-electron chi connectivity index (χ3n) is 2.74. The summed E-state index contributed by atoms with van der Waals surface area (Å²) in [5.41, 5.74) is 8.08. The van der Waals surface area contributed by atoms with Gasteiger partial charge < -0.3 is 15.8 Å². The van der Waals surface area contributed by atoms with E-state index in [0.29, 0.717) is 11.4 Å². The van der Waals surface area contributed by atoms with Crippen LogP contribution in [0.4, 0.5) is 11.4 Å². The summed E-state index contributed by atoms with van der Waals surface area (Å²) in [6, 6.07) is 12.7. The number of carbonyl (C=O) groups is 1. The number of hydrogen-bond acceptors (Lipinski definition) is 3. The van der Waals surface area contributed by atoms with Gasteiger partial charge in [0.25, 0.3) is 5.91 Å². The lowest BCUT2D eigenvalue weighted by molar-refractivity contribution is -0.118. The number of aryl methyl sites for hydroxylation is 1. The van der Waals surface area contributed by atoms with Gasteiger partial charge in [-0.1, -0.05) is 15.9 Å². The first-order valence-electron chi connectivity index (χ1n) is 6.09. The van der Waals surface area contributed by atoms with Crippen molar-refractivity contribution in [2.24, 2.45) is 0 Å². The second kappa shape index (κ2) is 6.43. The fourth-order valence-electron chi connectivity index (χ4n) is 1.62. The number of halogens is 1. The largest absolute Gasteiger partial charge is 0.484 e. The van der Waals surface area contributed by atoms with Gasteiger partial charge in [-0.3, -0.25) is 4.79 Å². The number of amides is 1. The van der Waals surface area contributed by atoms with Crippen molar-refractivity contribution in [3.05, 3.63) is 52.5 Å². The fourth-order valence-corrected chi connectivity index (χ4v) is 1.88. The Bertz CT molecular complexity index is 612. The predicted octanol–water partition coefficient (Wildman–Crippen LogP) is 3.36. The topological polar surface area (TPSA) is 64.3 Å². The normalized spacial score (nSPS) is 10.1. The Morgan fingerprint density at radius 1 is 1.25 bits per heavy atom. The number of ether oxygens (including phenoxy) is 1. The van der Waals surface area contributed by atoms with Gasteiger partial charge >= 0.3 is 0 Å². The maximum atomic E-state index is 11.8. The average Bonchev–Trinajstić information content (AvgIpc) is 2.43. The summed E-state index contributed by atoms with van der Waals surface area (Å²) < 4.78 is 6.38. The molecule has 104 valence electrons. The van der Waals surface area contributed by atoms with Crippen LogP contribution in [0, 0.1) is 6.92 Å². The standard InChI is InChI=1S/C15H15BrN2O2/c1-10-8-13(6-7-14(10)17)20-9-15(19)18-12-4-2-11(16)3-5-12/h2-8H,9,17H2,1H3,(H,18,19). The quantitative estimate of drug-likeness (QED) is 0.842. The smallest absolute Gasteiger partial charge is 0.262 e. The maximum absolute atomic E-state index is 11.8. The van der Waals surface area contributed by atoms with Crippen molar-refractivity contribution < 1.29 is 9.53 Å². The van der Waals surface area contributed by atoms with Gasteiger partial charge in [0, 0.05) is 15.8 Å². The van der Waals surface area contributed by atoms with E-state index in [2.05, 4.69) is 21.2 Å². The minimum absolute atomic E-state index is 0.0422. The molecule has 0 fully saturated rings. The molecule has 0 aliphatic carbocycles. The molecule has 0 radical (unpaired) electrons. The zero-order valence-electron chi connectivity index (χ0n) is 11.0. The second-order valence-corrected chi connectivity index (χ2v) is 5.28. The van der Waals surface area contributed by atoms with E-state index in [4.69, 9.17) is 10.5 Å². The third kappa shape index (κ3) is 3.99. The monoisotopic (exact) mass is 334 g/mol. The average molecular weight is 335 g/mol. The number of benzene rings is 2. The van der Waals surface area contributed by atoms with Crippen molar-refractivity contribution >= 4 is 33.2 Å². The Labute approximate surface area is 126 Å². The second-order valence-electron chi connectivity index (χ2n) is 4.36. The molecule has 3 N–H and O–H groups in total. The van der Waals surface area contributed by atoms with Gasteiger partial charge in [-0.25, -0.2) is 0 Å². The highest BCUT2D eigenvalue weighted by Gasteiger charge is 2.04. The molecule has 0 aliphatic rings. The molecular formula is C15H15BrN2O2. The van der Waals surface area contributed by atoms with E-state index in [1.807, 2.05) is 37.3 Å². The molecule has 0 heterocycles. The van der Waals surface area contributed by atoms with Crippen molar-refractivity contribution in [3.63, 3.8) is 0 Å². The lowest BCUT2D eigenvalue weighted by Crippen LogP contribution is -2.20. The van der Waals surface area contributed by atoms with Crippen LogP contribution < -0.4 is 15.8 Å². The van der Waals surface area contributed by atoms with E-state index in [1.54, 1.807) is 12.1 Å². The first kappa shape index (κ1) is 14.4. The van der Waals surface area contributed by atoms with Gasteiger partial charge in [0.1, 0.15) is 5.75 Å². The zero-order valence-corrected chi connectivity index (χ0v) is 12.6. The maximum Gasteiger partial charge on any atom is 0.262 e. The molecule has 0 spiro atoms. The van der Waals surface area contributed by atoms with Gasteiger partial charge in [-0.2, -0.15) is 0 Å². The summed E-state index contributed by atoms with van der Waals surface area (Å²) in [4.78, 5) is 11.8. The van der Waals surface area contributed by atoms with Crippen LogP contribution in [0.2, 0.25) is 0 Å². The van der Waals surface area contributed by atoms with E-state index in [9.17, 15) is 4.79 Å². The number of nitrogens with two attached hydrogens (primary N) is 1. The van der Waals surface area contributed by atoms with Crippen molar-refractivity contribution in [1.29, 1.82) is 0 Å². The van der Waals surface area contributed by atoms with E-state index in [0.717, 1.165) is 15.7 Å². The molecule has 0 saturated heterocycles. The highest BCUT2D eigenvalue weighted by Crippen LogP contribution is 2.18. The predicted molar refractivity (Wildman–Crippen MR) is 83.9 cm³/mol. The number of nitrogen functional groups attached to an aromatic ring is 1. The number of rotatable bonds is 4. The number of anilines is 2. The van der Waals surface area contributed by atoms with Crippen LogP contribution in [0.5, 0.6) is 5.75 Å². The number of hydrogen-bond donors (Lipinski definition) is 2. The molecular weight excluding hydrogens is 320 g/mol. The summed E-state index contributed by atoms with van der Waals surface area (Å²) in [6.07, 6.45) is 0. The molecule has 0 saturated carbocycles.